The maximum atomic E-state index is 12.0. The molecule has 1 amide bonds. The summed E-state index contributed by atoms with van der Waals surface area (Å²) in [5.74, 6) is 0.109. The number of rotatable bonds is 3. The molecule has 0 aliphatic carbocycles. The number of carbonyl (C=O) groups is 1. The third kappa shape index (κ3) is 2.86. The minimum atomic E-state index is -0.479. The minimum Gasteiger partial charge on any atom is -0.468 e. The van der Waals surface area contributed by atoms with Crippen molar-refractivity contribution in [2.75, 3.05) is 26.2 Å². The van der Waals surface area contributed by atoms with Crippen molar-refractivity contribution in [1.82, 2.24) is 10.2 Å². The summed E-state index contributed by atoms with van der Waals surface area (Å²) >= 11 is 0. The number of nitrogens with zero attached hydrogens (tertiary/aromatic N) is 2. The molecule has 0 aromatic carbocycles. The standard InChI is InChI=1S/C12H15N3O2/c13-9-10(11-2-1-7-17-11)8-12(16)15-5-3-14-4-6-15/h1-2,7,10,14H,3-6,8H2. The van der Waals surface area contributed by atoms with E-state index in [9.17, 15) is 4.79 Å². The zero-order chi connectivity index (χ0) is 12.1. The molecule has 1 N–H and O–H groups in total. The summed E-state index contributed by atoms with van der Waals surface area (Å²) in [5.41, 5.74) is 0. The van der Waals surface area contributed by atoms with Gasteiger partial charge in [-0.05, 0) is 12.1 Å². The van der Waals surface area contributed by atoms with Crippen molar-refractivity contribution < 1.29 is 9.21 Å². The minimum absolute atomic E-state index is 0.0226. The lowest BCUT2D eigenvalue weighted by Gasteiger charge is -2.27. The van der Waals surface area contributed by atoms with Crippen LogP contribution in [0.2, 0.25) is 0 Å². The van der Waals surface area contributed by atoms with Crippen molar-refractivity contribution in [1.29, 1.82) is 5.26 Å². The smallest absolute Gasteiger partial charge is 0.224 e. The number of nitrogens with one attached hydrogen (secondary N) is 1. The van der Waals surface area contributed by atoms with E-state index in [-0.39, 0.29) is 12.3 Å². The van der Waals surface area contributed by atoms with Gasteiger partial charge in [0.2, 0.25) is 5.91 Å². The molecule has 1 unspecified atom stereocenters. The largest absolute Gasteiger partial charge is 0.468 e. The first-order chi connectivity index (χ1) is 8.31. The fourth-order valence-corrected chi connectivity index (χ4v) is 1.92. The monoisotopic (exact) mass is 233 g/mol. The number of hydrogen-bond acceptors (Lipinski definition) is 4. The summed E-state index contributed by atoms with van der Waals surface area (Å²) in [6.45, 7) is 3.08. The Hall–Kier alpha value is -1.80. The van der Waals surface area contributed by atoms with Crippen molar-refractivity contribution in [3.05, 3.63) is 24.2 Å². The van der Waals surface area contributed by atoms with Gasteiger partial charge in [-0.25, -0.2) is 0 Å². The Morgan fingerprint density at radius 3 is 2.94 bits per heavy atom. The molecule has 0 spiro atoms. The lowest BCUT2D eigenvalue weighted by Crippen LogP contribution is -2.46. The molecule has 17 heavy (non-hydrogen) atoms. The molecule has 1 aromatic rings. The highest BCUT2D eigenvalue weighted by molar-refractivity contribution is 5.77. The van der Waals surface area contributed by atoms with E-state index in [0.717, 1.165) is 26.2 Å². The molecule has 0 radical (unpaired) electrons. The maximum absolute atomic E-state index is 12.0. The van der Waals surface area contributed by atoms with Gasteiger partial charge in [-0.1, -0.05) is 0 Å². The predicted octanol–water partition coefficient (Wildman–Crippen LogP) is 0.709. The Labute approximate surface area is 100 Å². The van der Waals surface area contributed by atoms with E-state index in [1.807, 2.05) is 0 Å². The van der Waals surface area contributed by atoms with Crippen molar-refractivity contribution in [3.8, 4) is 6.07 Å². The highest BCUT2D eigenvalue weighted by Crippen LogP contribution is 2.20. The fraction of sp³-hybridized carbons (Fsp3) is 0.500. The fourth-order valence-electron chi connectivity index (χ4n) is 1.92. The van der Waals surface area contributed by atoms with Crippen LogP contribution >= 0.6 is 0 Å². The van der Waals surface area contributed by atoms with Crippen LogP contribution in [-0.4, -0.2) is 37.0 Å². The van der Waals surface area contributed by atoms with Gasteiger partial charge in [-0.2, -0.15) is 5.26 Å². The average molecular weight is 233 g/mol. The van der Waals surface area contributed by atoms with Gasteiger partial charge >= 0.3 is 0 Å². The van der Waals surface area contributed by atoms with Crippen LogP contribution in [0, 0.1) is 11.3 Å². The first-order valence-corrected chi connectivity index (χ1v) is 5.73. The number of amides is 1. The van der Waals surface area contributed by atoms with Gasteiger partial charge in [0, 0.05) is 32.6 Å². The van der Waals surface area contributed by atoms with E-state index in [4.69, 9.17) is 9.68 Å². The summed E-state index contributed by atoms with van der Waals surface area (Å²) in [6, 6.07) is 5.58. The Balaban J connectivity index is 1.95. The maximum Gasteiger partial charge on any atom is 0.224 e. The molecule has 2 heterocycles. The molecule has 2 rings (SSSR count). The van der Waals surface area contributed by atoms with Gasteiger partial charge in [0.25, 0.3) is 0 Å². The highest BCUT2D eigenvalue weighted by atomic mass is 16.3. The van der Waals surface area contributed by atoms with Crippen LogP contribution in [0.1, 0.15) is 18.1 Å². The molecular weight excluding hydrogens is 218 g/mol. The topological polar surface area (TPSA) is 69.3 Å². The van der Waals surface area contributed by atoms with Crippen LogP contribution in [0.5, 0.6) is 0 Å². The molecule has 1 fully saturated rings. The second-order valence-electron chi connectivity index (χ2n) is 4.03. The van der Waals surface area contributed by atoms with Crippen LogP contribution in [0.3, 0.4) is 0 Å². The van der Waals surface area contributed by atoms with Gasteiger partial charge in [0.1, 0.15) is 11.7 Å². The summed E-state index contributed by atoms with van der Waals surface area (Å²) in [5, 5.41) is 12.2. The summed E-state index contributed by atoms with van der Waals surface area (Å²) in [4.78, 5) is 13.8. The van der Waals surface area contributed by atoms with Gasteiger partial charge in [0.15, 0.2) is 0 Å². The third-order valence-corrected chi connectivity index (χ3v) is 2.89. The van der Waals surface area contributed by atoms with Crippen molar-refractivity contribution >= 4 is 5.91 Å². The van der Waals surface area contributed by atoms with Crippen LogP contribution < -0.4 is 5.32 Å². The number of hydrogen-bond donors (Lipinski definition) is 1. The molecule has 1 saturated heterocycles. The Morgan fingerprint density at radius 1 is 1.59 bits per heavy atom. The molecule has 5 heteroatoms. The first kappa shape index (κ1) is 11.7. The molecule has 0 saturated carbocycles. The number of carbonyl (C=O) groups excluding carboxylic acids is 1. The molecule has 1 aromatic heterocycles. The van der Waals surface area contributed by atoms with Crippen molar-refractivity contribution in [2.24, 2.45) is 0 Å². The van der Waals surface area contributed by atoms with Crippen LogP contribution in [-0.2, 0) is 4.79 Å². The number of piperazine rings is 1. The number of nitriles is 1. The normalized spacial score (nSPS) is 17.5. The molecule has 0 bridgehead atoms. The Morgan fingerprint density at radius 2 is 2.35 bits per heavy atom. The van der Waals surface area contributed by atoms with Crippen molar-refractivity contribution in [3.63, 3.8) is 0 Å². The van der Waals surface area contributed by atoms with Gasteiger partial charge < -0.3 is 14.6 Å². The van der Waals surface area contributed by atoms with E-state index in [2.05, 4.69) is 11.4 Å². The molecule has 1 atom stereocenters. The lowest BCUT2D eigenvalue weighted by atomic mass is 10.0. The van der Waals surface area contributed by atoms with Crippen LogP contribution in [0.4, 0.5) is 0 Å². The Kier molecular flexibility index (Phi) is 3.78. The lowest BCUT2D eigenvalue weighted by molar-refractivity contribution is -0.132. The summed E-state index contributed by atoms with van der Waals surface area (Å²) in [6.07, 6.45) is 1.72. The van der Waals surface area contributed by atoms with Crippen LogP contribution in [0.15, 0.2) is 22.8 Å². The second-order valence-corrected chi connectivity index (χ2v) is 4.03. The van der Waals surface area contributed by atoms with E-state index < -0.39 is 5.92 Å². The SMILES string of the molecule is N#CC(CC(=O)N1CCNCC1)c1ccco1. The van der Waals surface area contributed by atoms with E-state index in [1.165, 1.54) is 6.26 Å². The van der Waals surface area contributed by atoms with Crippen molar-refractivity contribution in [2.45, 2.75) is 12.3 Å². The van der Waals surface area contributed by atoms with E-state index in [1.54, 1.807) is 17.0 Å². The predicted molar refractivity (Wildman–Crippen MR) is 61.1 cm³/mol. The molecule has 5 nitrogen and oxygen atoms in total. The molecule has 1 aliphatic heterocycles. The summed E-state index contributed by atoms with van der Waals surface area (Å²) < 4.78 is 5.17. The average Bonchev–Trinajstić information content (AvgIpc) is 2.90. The Bertz CT molecular complexity index is 402. The third-order valence-electron chi connectivity index (χ3n) is 2.89. The molecule has 90 valence electrons. The van der Waals surface area contributed by atoms with Gasteiger partial charge in [-0.3, -0.25) is 4.79 Å². The van der Waals surface area contributed by atoms with E-state index in [0.29, 0.717) is 5.76 Å². The highest BCUT2D eigenvalue weighted by Gasteiger charge is 2.22. The van der Waals surface area contributed by atoms with Gasteiger partial charge in [0.05, 0.1) is 12.3 Å². The first-order valence-electron chi connectivity index (χ1n) is 5.73. The second kappa shape index (κ2) is 5.51. The number of furan rings is 1. The molecule has 1 aliphatic rings. The molecular formula is C12H15N3O2. The van der Waals surface area contributed by atoms with Gasteiger partial charge in [-0.15, -0.1) is 0 Å². The zero-order valence-corrected chi connectivity index (χ0v) is 9.56. The van der Waals surface area contributed by atoms with E-state index >= 15 is 0 Å². The zero-order valence-electron chi connectivity index (χ0n) is 9.56. The quantitative estimate of drug-likeness (QED) is 0.834. The van der Waals surface area contributed by atoms with Crippen LogP contribution in [0.25, 0.3) is 0 Å². The summed E-state index contributed by atoms with van der Waals surface area (Å²) in [7, 11) is 0.